The van der Waals surface area contributed by atoms with E-state index in [1.54, 1.807) is 30.6 Å². The highest BCUT2D eigenvalue weighted by Gasteiger charge is 2.32. The van der Waals surface area contributed by atoms with E-state index in [-0.39, 0.29) is 55.0 Å². The van der Waals surface area contributed by atoms with E-state index in [2.05, 4.69) is 53.9 Å². The largest absolute Gasteiger partial charge is 0.387 e. The minimum Gasteiger partial charge on any atom is -0.387 e. The number of likely N-dealkylation sites (tertiary alicyclic amines) is 1. The van der Waals surface area contributed by atoms with E-state index < -0.39 is 11.9 Å². The number of fused-ring (bicyclic) bond motifs is 2. The number of aryl methyl sites for hydroxylation is 1. The molecule has 1 atom stereocenters. The third-order valence-corrected chi connectivity index (χ3v) is 13.4. The van der Waals surface area contributed by atoms with E-state index in [1.807, 2.05) is 54.3 Å². The number of nitrogens with zero attached hydrogens (tertiary/aromatic N) is 9. The molecule has 5 aromatic heterocycles. The average Bonchev–Trinajstić information content (AvgIpc) is 4.02. The molecule has 3 aliphatic rings. The summed E-state index contributed by atoms with van der Waals surface area (Å²) in [7, 11) is 3.53. The number of anilines is 1. The van der Waals surface area contributed by atoms with Gasteiger partial charge in [-0.1, -0.05) is 29.2 Å². The fraction of sp³-hybridized carbons (Fsp3) is 0.400. The third-order valence-electron chi connectivity index (χ3n) is 12.3. The van der Waals surface area contributed by atoms with Crippen molar-refractivity contribution in [2.75, 3.05) is 38.6 Å². The van der Waals surface area contributed by atoms with Crippen LogP contribution in [0.4, 0.5) is 5.69 Å². The number of ether oxygens (including phenoxy) is 1. The van der Waals surface area contributed by atoms with Gasteiger partial charge in [-0.15, -0.1) is 10.2 Å². The van der Waals surface area contributed by atoms with Gasteiger partial charge >= 0.3 is 5.69 Å². The van der Waals surface area contributed by atoms with Gasteiger partial charge in [-0.2, -0.15) is 5.26 Å². The van der Waals surface area contributed by atoms with Gasteiger partial charge in [0.05, 0.1) is 40.4 Å². The molecule has 3 amide bonds. The molecule has 7 heterocycles. The van der Waals surface area contributed by atoms with Crippen molar-refractivity contribution in [2.45, 2.75) is 75.5 Å². The quantitative estimate of drug-likeness (QED) is 0.131. The van der Waals surface area contributed by atoms with Crippen LogP contribution in [0.25, 0.3) is 38.5 Å². The van der Waals surface area contributed by atoms with Gasteiger partial charge in [0.15, 0.2) is 5.01 Å². The van der Waals surface area contributed by atoms with E-state index in [0.29, 0.717) is 34.5 Å². The van der Waals surface area contributed by atoms with Crippen LogP contribution < -0.4 is 21.6 Å². The molecular formula is C45H46N12O5S. The second kappa shape index (κ2) is 17.9. The zero-order valence-electron chi connectivity index (χ0n) is 35.0. The van der Waals surface area contributed by atoms with Crippen LogP contribution >= 0.6 is 11.3 Å². The number of hydrogen-bond acceptors (Lipinski definition) is 13. The summed E-state index contributed by atoms with van der Waals surface area (Å²) in [6.07, 6.45) is 10.9. The van der Waals surface area contributed by atoms with Crippen molar-refractivity contribution in [1.29, 1.82) is 5.26 Å². The summed E-state index contributed by atoms with van der Waals surface area (Å²) < 4.78 is 11.0. The maximum atomic E-state index is 13.2. The summed E-state index contributed by atoms with van der Waals surface area (Å²) in [5, 5.41) is 29.9. The van der Waals surface area contributed by atoms with Crippen LogP contribution in [0.1, 0.15) is 79.5 Å². The Hall–Kier alpha value is -6.73. The Balaban J connectivity index is 0.721. The van der Waals surface area contributed by atoms with Crippen molar-refractivity contribution >= 4 is 56.8 Å². The molecule has 1 unspecified atom stereocenters. The van der Waals surface area contributed by atoms with Crippen molar-refractivity contribution in [3.8, 4) is 34.3 Å². The van der Waals surface area contributed by atoms with Crippen LogP contribution in [0, 0.1) is 23.2 Å². The minimum atomic E-state index is -0.756. The van der Waals surface area contributed by atoms with Gasteiger partial charge in [0, 0.05) is 81.3 Å². The SMILES string of the molecule is CNc1cc(-n2ccc3cc(C#N)cnc32)ncc1-c1nnc([C@H]2CC[C@H](NC(=O)CN3CCC(OCC#Cc4cccc5c4n(C)c(=O)n5C4CCC(=O)NC4=O)CC3)CC2)s1. The van der Waals surface area contributed by atoms with Gasteiger partial charge in [0.1, 0.15) is 35.2 Å². The normalized spacial score (nSPS) is 19.7. The number of amides is 3. The highest BCUT2D eigenvalue weighted by Crippen LogP contribution is 2.38. The maximum Gasteiger partial charge on any atom is 0.329 e. The Bertz CT molecular complexity index is 2900. The molecule has 1 aliphatic carbocycles. The molecule has 1 aromatic carbocycles. The fourth-order valence-electron chi connectivity index (χ4n) is 8.99. The summed E-state index contributed by atoms with van der Waals surface area (Å²) in [5.74, 6) is 6.47. The number of benzene rings is 1. The van der Waals surface area contributed by atoms with Gasteiger partial charge in [-0.05, 0) is 69.2 Å². The van der Waals surface area contributed by atoms with Crippen LogP contribution in [0.15, 0.2) is 59.8 Å². The number of hydrogen-bond donors (Lipinski definition) is 3. The van der Waals surface area contributed by atoms with E-state index >= 15 is 0 Å². The highest BCUT2D eigenvalue weighted by atomic mass is 32.1. The number of imidazole rings is 1. The number of carbonyl (C=O) groups is 3. The minimum absolute atomic E-state index is 0.0347. The van der Waals surface area contributed by atoms with Crippen molar-refractivity contribution in [3.05, 3.63) is 81.6 Å². The Morgan fingerprint density at radius 2 is 1.84 bits per heavy atom. The molecule has 0 spiro atoms. The number of nitrogens with one attached hydrogen (secondary N) is 3. The van der Waals surface area contributed by atoms with Crippen molar-refractivity contribution in [3.63, 3.8) is 0 Å². The monoisotopic (exact) mass is 866 g/mol. The number of carbonyl (C=O) groups excluding carboxylic acids is 3. The first-order chi connectivity index (χ1) is 30.7. The number of nitriles is 1. The standard InChI is InChI=1S/C45H46N12O5S/c1-47-34-22-37(56-19-14-30-21-27(23-46)24-49-41(30)56)48-25-33(34)44-53-52-43(63-44)29-8-10-31(11-9-29)50-39(59)26-55-17-15-32(16-18-55)62-20-4-6-28-5-3-7-35-40(28)54(2)45(61)57(35)36-12-13-38(58)51-42(36)60/h3,5,7,14,19,21-22,24-25,29,31-32,36H,8-13,15-18,20,26H2,1-2H3,(H,47,48)(H,50,59)(H,51,58,60)/t29-,31-,36?. The van der Waals surface area contributed by atoms with Crippen LogP contribution in [0.2, 0.25) is 0 Å². The first-order valence-corrected chi connectivity index (χ1v) is 22.0. The molecular weight excluding hydrogens is 821 g/mol. The zero-order valence-corrected chi connectivity index (χ0v) is 35.8. The molecule has 9 rings (SSSR count). The topological polar surface area (TPSA) is 207 Å². The first-order valence-electron chi connectivity index (χ1n) is 21.2. The summed E-state index contributed by atoms with van der Waals surface area (Å²) >= 11 is 1.59. The first kappa shape index (κ1) is 41.6. The smallest absolute Gasteiger partial charge is 0.329 e. The molecule has 2 saturated heterocycles. The van der Waals surface area contributed by atoms with Gasteiger partial charge < -0.3 is 15.4 Å². The maximum absolute atomic E-state index is 13.2. The highest BCUT2D eigenvalue weighted by molar-refractivity contribution is 7.14. The van der Waals surface area contributed by atoms with Crippen LogP contribution in [0.3, 0.4) is 0 Å². The third kappa shape index (κ3) is 8.57. The molecule has 3 fully saturated rings. The lowest BCUT2D eigenvalue weighted by Gasteiger charge is -2.32. The lowest BCUT2D eigenvalue weighted by Crippen LogP contribution is -2.46. The second-order valence-electron chi connectivity index (χ2n) is 16.3. The molecule has 1 saturated carbocycles. The number of para-hydroxylation sites is 1. The summed E-state index contributed by atoms with van der Waals surface area (Å²) in [5.41, 5.74) is 4.52. The van der Waals surface area contributed by atoms with Crippen molar-refractivity contribution in [1.82, 2.24) is 49.4 Å². The van der Waals surface area contributed by atoms with Crippen molar-refractivity contribution in [2.24, 2.45) is 7.05 Å². The average molecular weight is 867 g/mol. The van der Waals surface area contributed by atoms with Gasteiger partial charge in [0.2, 0.25) is 17.7 Å². The summed E-state index contributed by atoms with van der Waals surface area (Å²) in [4.78, 5) is 62.0. The molecule has 17 nitrogen and oxygen atoms in total. The van der Waals surface area contributed by atoms with Crippen molar-refractivity contribution < 1.29 is 19.1 Å². The van der Waals surface area contributed by atoms with Gasteiger partial charge in [-0.25, -0.2) is 14.8 Å². The molecule has 322 valence electrons. The molecule has 6 aromatic rings. The number of aromatic nitrogens is 7. The van der Waals surface area contributed by atoms with Crippen LogP contribution in [-0.4, -0.2) is 102 Å². The van der Waals surface area contributed by atoms with E-state index in [0.717, 1.165) is 83.9 Å². The zero-order chi connectivity index (χ0) is 43.6. The Morgan fingerprint density at radius 1 is 1.02 bits per heavy atom. The Kier molecular flexibility index (Phi) is 11.8. The van der Waals surface area contributed by atoms with Crippen LogP contribution in [-0.2, 0) is 26.2 Å². The summed E-state index contributed by atoms with van der Waals surface area (Å²) in [6, 6.07) is 12.6. The number of rotatable bonds is 10. The summed E-state index contributed by atoms with van der Waals surface area (Å²) in [6.45, 7) is 2.09. The molecule has 3 N–H and O–H groups in total. The number of imide groups is 1. The van der Waals surface area contributed by atoms with Crippen LogP contribution in [0.5, 0.6) is 0 Å². The second-order valence-corrected chi connectivity index (χ2v) is 17.3. The lowest BCUT2D eigenvalue weighted by atomic mass is 9.86. The molecule has 63 heavy (non-hydrogen) atoms. The molecule has 2 aliphatic heterocycles. The van der Waals surface area contributed by atoms with E-state index in [9.17, 15) is 24.4 Å². The Morgan fingerprint density at radius 3 is 2.62 bits per heavy atom. The number of piperidine rings is 2. The number of pyridine rings is 2. The predicted octanol–water partition coefficient (Wildman–Crippen LogP) is 4.16. The molecule has 0 bridgehead atoms. The lowest BCUT2D eigenvalue weighted by molar-refractivity contribution is -0.135. The van der Waals surface area contributed by atoms with Gasteiger partial charge in [-0.3, -0.25) is 38.3 Å². The van der Waals surface area contributed by atoms with E-state index in [4.69, 9.17) is 9.72 Å². The fourth-order valence-corrected chi connectivity index (χ4v) is 10.0. The van der Waals surface area contributed by atoms with Gasteiger partial charge in [0.25, 0.3) is 0 Å². The van der Waals surface area contributed by atoms with E-state index in [1.165, 1.54) is 9.13 Å². The Labute approximate surface area is 366 Å². The predicted molar refractivity (Wildman–Crippen MR) is 236 cm³/mol. The molecule has 18 heteroatoms. The molecule has 0 radical (unpaired) electrons.